The number of fused-ring (bicyclic) bond motifs is 1. The summed E-state index contributed by atoms with van der Waals surface area (Å²) >= 11 is 0. The Morgan fingerprint density at radius 1 is 1.04 bits per heavy atom. The second kappa shape index (κ2) is 5.87. The van der Waals surface area contributed by atoms with Crippen LogP contribution in [0.2, 0.25) is 0 Å². The van der Waals surface area contributed by atoms with Gasteiger partial charge in [0.1, 0.15) is 0 Å². The number of nitrogens with two attached hydrogens (primary N) is 1. The van der Waals surface area contributed by atoms with E-state index in [-0.39, 0.29) is 5.41 Å². The highest BCUT2D eigenvalue weighted by Crippen LogP contribution is 2.45. The molecule has 2 N–H and O–H groups in total. The molecule has 5 rings (SSSR count). The zero-order valence-corrected chi connectivity index (χ0v) is 14.7. The van der Waals surface area contributed by atoms with Crippen LogP contribution in [-0.2, 0) is 11.8 Å². The van der Waals surface area contributed by atoms with Crippen LogP contribution < -0.4 is 5.73 Å². The molecule has 2 aliphatic carbocycles. The third-order valence-electron chi connectivity index (χ3n) is 5.55. The lowest BCUT2D eigenvalue weighted by atomic mass is 9.69. The Morgan fingerprint density at radius 3 is 2.15 bits per heavy atom. The molecule has 0 aromatic carbocycles. The lowest BCUT2D eigenvalue weighted by Gasteiger charge is -2.35. The van der Waals surface area contributed by atoms with Gasteiger partial charge in [0.25, 0.3) is 5.91 Å². The van der Waals surface area contributed by atoms with Crippen LogP contribution in [0, 0.1) is 0 Å². The molecule has 1 fully saturated rings. The van der Waals surface area contributed by atoms with Crippen LogP contribution >= 0.6 is 0 Å². The van der Waals surface area contributed by atoms with Crippen molar-refractivity contribution in [2.75, 3.05) is 0 Å². The van der Waals surface area contributed by atoms with Crippen molar-refractivity contribution in [1.29, 1.82) is 0 Å². The average molecular weight is 357 g/mol. The maximum absolute atomic E-state index is 11.9. The van der Waals surface area contributed by atoms with E-state index in [1.165, 1.54) is 0 Å². The number of primary amides is 1. The van der Waals surface area contributed by atoms with E-state index in [4.69, 9.17) is 5.73 Å². The van der Waals surface area contributed by atoms with Crippen LogP contribution in [0.4, 0.5) is 0 Å². The number of amides is 1. The van der Waals surface area contributed by atoms with Gasteiger partial charge in [-0.3, -0.25) is 19.4 Å². The monoisotopic (exact) mass is 357 g/mol. The average Bonchev–Trinajstić information content (AvgIpc) is 3.49. The van der Waals surface area contributed by atoms with E-state index in [0.717, 1.165) is 35.2 Å². The Morgan fingerprint density at radius 2 is 1.63 bits per heavy atom. The molecule has 134 valence electrons. The van der Waals surface area contributed by atoms with Crippen molar-refractivity contribution in [3.63, 3.8) is 0 Å². The fraction of sp³-hybridized carbons (Fsp3) is 0.238. The maximum atomic E-state index is 11.9. The van der Waals surface area contributed by atoms with Crippen molar-refractivity contribution in [2.24, 2.45) is 5.73 Å². The summed E-state index contributed by atoms with van der Waals surface area (Å²) < 4.78 is 2.02. The second-order valence-electron chi connectivity index (χ2n) is 7.20. The van der Waals surface area contributed by atoms with Gasteiger partial charge in [0.2, 0.25) is 0 Å². The molecule has 1 saturated carbocycles. The summed E-state index contributed by atoms with van der Waals surface area (Å²) in [6.45, 7) is 0. The predicted octanol–water partition coefficient (Wildman–Crippen LogP) is 2.66. The quantitative estimate of drug-likeness (QED) is 0.778. The second-order valence-corrected chi connectivity index (χ2v) is 7.20. The summed E-state index contributed by atoms with van der Waals surface area (Å²) in [5.74, 6) is -0.476. The molecule has 3 heterocycles. The Labute approximate surface area is 156 Å². The number of nitrogens with zero attached hydrogens (tertiary/aromatic N) is 4. The molecule has 1 amide bonds. The summed E-state index contributed by atoms with van der Waals surface area (Å²) in [7, 11) is 0. The molecule has 0 atom stereocenters. The highest BCUT2D eigenvalue weighted by Gasteiger charge is 2.40. The molecule has 0 bridgehead atoms. The molecule has 3 aromatic rings. The summed E-state index contributed by atoms with van der Waals surface area (Å²) in [5.41, 5.74) is 9.82. The Hall–Kier alpha value is -3.28. The topological polar surface area (TPSA) is 86.7 Å². The van der Waals surface area contributed by atoms with Crippen LogP contribution in [-0.4, -0.2) is 25.7 Å². The molecule has 0 saturated heterocycles. The van der Waals surface area contributed by atoms with Crippen LogP contribution in [0.25, 0.3) is 6.08 Å². The van der Waals surface area contributed by atoms with Crippen molar-refractivity contribution >= 4 is 12.0 Å². The molecular formula is C21H19N5O. The largest absolute Gasteiger partial charge is 0.364 e. The SMILES string of the molecule is NC(=O)c1nn(C2CC2)c2c1C=CC(c1ccncc1)(c1ccncc1)C2. The molecule has 0 spiro atoms. The normalized spacial score (nSPS) is 17.5. The van der Waals surface area contributed by atoms with Gasteiger partial charge in [-0.25, -0.2) is 0 Å². The standard InChI is InChI=1S/C21H19N5O/c22-20(27)19-17-3-8-21(14-4-9-23-10-5-14,15-6-11-24-12-7-15)13-18(17)26(25-19)16-1-2-16/h3-12,16H,1-2,13H2,(H2,22,27). The smallest absolute Gasteiger partial charge is 0.269 e. The van der Waals surface area contributed by atoms with Gasteiger partial charge in [-0.05, 0) is 48.2 Å². The number of rotatable bonds is 4. The van der Waals surface area contributed by atoms with E-state index in [1.807, 2.05) is 59.8 Å². The van der Waals surface area contributed by atoms with Gasteiger partial charge in [-0.15, -0.1) is 0 Å². The van der Waals surface area contributed by atoms with Gasteiger partial charge in [0.15, 0.2) is 5.69 Å². The minimum Gasteiger partial charge on any atom is -0.364 e. The number of carbonyl (C=O) groups is 1. The van der Waals surface area contributed by atoms with E-state index in [1.54, 1.807) is 0 Å². The molecule has 27 heavy (non-hydrogen) atoms. The third-order valence-corrected chi connectivity index (χ3v) is 5.55. The first-order valence-electron chi connectivity index (χ1n) is 9.10. The third kappa shape index (κ3) is 2.48. The molecule has 6 heteroatoms. The fourth-order valence-corrected chi connectivity index (χ4v) is 4.05. The van der Waals surface area contributed by atoms with Crippen molar-refractivity contribution in [1.82, 2.24) is 19.7 Å². The minimum absolute atomic E-state index is 0.361. The number of pyridine rings is 2. The van der Waals surface area contributed by atoms with Crippen molar-refractivity contribution in [3.8, 4) is 0 Å². The van der Waals surface area contributed by atoms with Gasteiger partial charge in [0, 0.05) is 47.9 Å². The van der Waals surface area contributed by atoms with Crippen LogP contribution in [0.1, 0.15) is 51.8 Å². The number of carbonyl (C=O) groups excluding carboxylic acids is 1. The number of hydrogen-bond acceptors (Lipinski definition) is 4. The summed E-state index contributed by atoms with van der Waals surface area (Å²) in [6.07, 6.45) is 14.3. The molecular weight excluding hydrogens is 338 g/mol. The van der Waals surface area contributed by atoms with E-state index < -0.39 is 5.91 Å². The first-order valence-corrected chi connectivity index (χ1v) is 9.10. The Kier molecular flexibility index (Phi) is 3.47. The van der Waals surface area contributed by atoms with Crippen molar-refractivity contribution in [3.05, 3.63) is 83.2 Å². The molecule has 0 radical (unpaired) electrons. The predicted molar refractivity (Wildman–Crippen MR) is 101 cm³/mol. The molecule has 0 aliphatic heterocycles. The number of aromatic nitrogens is 4. The maximum Gasteiger partial charge on any atom is 0.269 e. The van der Waals surface area contributed by atoms with E-state index in [2.05, 4.69) is 21.1 Å². The lowest BCUT2D eigenvalue weighted by Crippen LogP contribution is -2.31. The Bertz CT molecular complexity index is 996. The van der Waals surface area contributed by atoms with Gasteiger partial charge in [0.05, 0.1) is 6.04 Å². The lowest BCUT2D eigenvalue weighted by molar-refractivity contribution is 0.0994. The van der Waals surface area contributed by atoms with Crippen molar-refractivity contribution in [2.45, 2.75) is 30.7 Å². The van der Waals surface area contributed by atoms with Crippen LogP contribution in [0.15, 0.2) is 55.1 Å². The molecule has 0 unspecified atom stereocenters. The van der Waals surface area contributed by atoms with Crippen LogP contribution in [0.3, 0.4) is 0 Å². The fourth-order valence-electron chi connectivity index (χ4n) is 4.05. The van der Waals surface area contributed by atoms with E-state index in [0.29, 0.717) is 18.2 Å². The number of allylic oxidation sites excluding steroid dienone is 1. The summed E-state index contributed by atoms with van der Waals surface area (Å²) in [6, 6.07) is 8.54. The zero-order valence-electron chi connectivity index (χ0n) is 14.7. The van der Waals surface area contributed by atoms with Gasteiger partial charge < -0.3 is 5.73 Å². The van der Waals surface area contributed by atoms with Gasteiger partial charge in [-0.1, -0.05) is 12.2 Å². The first kappa shape index (κ1) is 15.9. The van der Waals surface area contributed by atoms with Crippen LogP contribution in [0.5, 0.6) is 0 Å². The zero-order chi connectivity index (χ0) is 18.4. The van der Waals surface area contributed by atoms with Gasteiger partial charge >= 0.3 is 0 Å². The van der Waals surface area contributed by atoms with E-state index >= 15 is 0 Å². The summed E-state index contributed by atoms with van der Waals surface area (Å²) in [5, 5.41) is 4.57. The summed E-state index contributed by atoms with van der Waals surface area (Å²) in [4.78, 5) is 20.3. The molecule has 6 nitrogen and oxygen atoms in total. The highest BCUT2D eigenvalue weighted by atomic mass is 16.1. The highest BCUT2D eigenvalue weighted by molar-refractivity contribution is 5.95. The number of hydrogen-bond donors (Lipinski definition) is 1. The first-order chi connectivity index (χ1) is 13.2. The minimum atomic E-state index is -0.476. The Balaban J connectivity index is 1.73. The molecule has 2 aliphatic rings. The van der Waals surface area contributed by atoms with E-state index in [9.17, 15) is 4.79 Å². The molecule has 3 aromatic heterocycles. The van der Waals surface area contributed by atoms with Crippen molar-refractivity contribution < 1.29 is 4.79 Å². The van der Waals surface area contributed by atoms with Gasteiger partial charge in [-0.2, -0.15) is 5.10 Å².